The highest BCUT2D eigenvalue weighted by Crippen LogP contribution is 2.42. The van der Waals surface area contributed by atoms with Crippen LogP contribution in [0, 0.1) is 12.3 Å². The van der Waals surface area contributed by atoms with Crippen LogP contribution in [0.25, 0.3) is 16.9 Å². The molecule has 0 aliphatic heterocycles. The first-order chi connectivity index (χ1) is 13.3. The number of carbonyl (C=O) groups is 1. The molecule has 28 heavy (non-hydrogen) atoms. The van der Waals surface area contributed by atoms with Crippen LogP contribution in [-0.2, 0) is 6.42 Å². The first kappa shape index (κ1) is 18.8. The molecule has 0 fully saturated rings. The van der Waals surface area contributed by atoms with Crippen LogP contribution in [0.2, 0.25) is 5.02 Å². The Labute approximate surface area is 170 Å². The molecule has 0 spiro atoms. The number of carbonyl (C=O) groups excluding carboxylic acids is 1. The summed E-state index contributed by atoms with van der Waals surface area (Å²) in [5.41, 5.74) is 5.89. The Kier molecular flexibility index (Phi) is 4.59. The monoisotopic (exact) mass is 393 g/mol. The highest BCUT2D eigenvalue weighted by molar-refractivity contribution is 6.30. The van der Waals surface area contributed by atoms with Gasteiger partial charge in [0.25, 0.3) is 0 Å². The number of ether oxygens (including phenoxy) is 1. The Morgan fingerprint density at radius 2 is 1.75 bits per heavy atom. The molecule has 0 atom stereocenters. The summed E-state index contributed by atoms with van der Waals surface area (Å²) < 4.78 is 7.87. The number of aromatic nitrogens is 1. The standard InChI is InChI=1S/C24H24ClNO2/c1-15-5-10-23(28-4)20(11-15)26-19(16-6-8-17(25)9-7-16)12-18-21(26)13-24(2,3)14-22(18)27/h5-12H,13-14H2,1-4H3. The van der Waals surface area contributed by atoms with Gasteiger partial charge in [-0.2, -0.15) is 0 Å². The van der Waals surface area contributed by atoms with Gasteiger partial charge in [-0.15, -0.1) is 0 Å². The van der Waals surface area contributed by atoms with Crippen LogP contribution in [0.15, 0.2) is 48.5 Å². The summed E-state index contributed by atoms with van der Waals surface area (Å²) in [4.78, 5) is 12.9. The van der Waals surface area contributed by atoms with Gasteiger partial charge in [-0.25, -0.2) is 0 Å². The summed E-state index contributed by atoms with van der Waals surface area (Å²) >= 11 is 6.11. The zero-order chi connectivity index (χ0) is 20.1. The minimum absolute atomic E-state index is 0.0749. The van der Waals surface area contributed by atoms with Crippen LogP contribution in [0.3, 0.4) is 0 Å². The lowest BCUT2D eigenvalue weighted by Gasteiger charge is -2.30. The second-order valence-electron chi connectivity index (χ2n) is 8.35. The van der Waals surface area contributed by atoms with Crippen molar-refractivity contribution in [2.24, 2.45) is 5.41 Å². The van der Waals surface area contributed by atoms with Crippen molar-refractivity contribution in [2.45, 2.75) is 33.6 Å². The predicted octanol–water partition coefficient (Wildman–Crippen LogP) is 6.27. The molecule has 1 aliphatic rings. The molecule has 0 saturated carbocycles. The number of fused-ring (bicyclic) bond motifs is 1. The molecule has 4 rings (SSSR count). The molecule has 144 valence electrons. The van der Waals surface area contributed by atoms with Gasteiger partial charge in [0.05, 0.1) is 18.5 Å². The first-order valence-electron chi connectivity index (χ1n) is 9.48. The van der Waals surface area contributed by atoms with Crippen LogP contribution in [-0.4, -0.2) is 17.5 Å². The third kappa shape index (κ3) is 3.24. The molecule has 0 unspecified atom stereocenters. The van der Waals surface area contributed by atoms with Crippen molar-refractivity contribution in [2.75, 3.05) is 7.11 Å². The summed E-state index contributed by atoms with van der Waals surface area (Å²) in [6, 6.07) is 15.9. The van der Waals surface area contributed by atoms with Crippen LogP contribution in [0.5, 0.6) is 5.75 Å². The second kappa shape index (κ2) is 6.82. The molecule has 1 heterocycles. The zero-order valence-corrected chi connectivity index (χ0v) is 17.4. The Balaban J connectivity index is 2.04. The smallest absolute Gasteiger partial charge is 0.165 e. The predicted molar refractivity (Wildman–Crippen MR) is 114 cm³/mol. The van der Waals surface area contributed by atoms with Crippen molar-refractivity contribution in [1.29, 1.82) is 0 Å². The number of benzene rings is 2. The lowest BCUT2D eigenvalue weighted by molar-refractivity contribution is 0.0911. The Morgan fingerprint density at radius 1 is 1.04 bits per heavy atom. The van der Waals surface area contributed by atoms with Crippen molar-refractivity contribution >= 4 is 17.4 Å². The van der Waals surface area contributed by atoms with E-state index < -0.39 is 0 Å². The first-order valence-corrected chi connectivity index (χ1v) is 9.86. The molecular weight excluding hydrogens is 370 g/mol. The van der Waals surface area contributed by atoms with Crippen LogP contribution in [0.1, 0.15) is 41.9 Å². The average Bonchev–Trinajstić information content (AvgIpc) is 3.00. The molecule has 0 saturated heterocycles. The molecule has 0 bridgehead atoms. The number of halogens is 1. The van der Waals surface area contributed by atoms with E-state index in [0.29, 0.717) is 11.4 Å². The van der Waals surface area contributed by atoms with Gasteiger partial charge in [0.15, 0.2) is 5.78 Å². The van der Waals surface area contributed by atoms with Gasteiger partial charge in [0.1, 0.15) is 5.75 Å². The van der Waals surface area contributed by atoms with E-state index in [4.69, 9.17) is 16.3 Å². The van der Waals surface area contributed by atoms with Gasteiger partial charge in [0, 0.05) is 22.7 Å². The van der Waals surface area contributed by atoms with Crippen LogP contribution < -0.4 is 4.74 Å². The fraction of sp³-hybridized carbons (Fsp3) is 0.292. The molecule has 4 heteroatoms. The molecule has 0 N–H and O–H groups in total. The fourth-order valence-corrected chi connectivity index (χ4v) is 4.22. The topological polar surface area (TPSA) is 31.2 Å². The highest BCUT2D eigenvalue weighted by Gasteiger charge is 2.35. The molecule has 2 aromatic carbocycles. The summed E-state index contributed by atoms with van der Waals surface area (Å²) in [5, 5.41) is 0.692. The maximum Gasteiger partial charge on any atom is 0.165 e. The maximum absolute atomic E-state index is 12.9. The summed E-state index contributed by atoms with van der Waals surface area (Å²) in [7, 11) is 1.68. The van der Waals surface area contributed by atoms with E-state index in [-0.39, 0.29) is 11.2 Å². The minimum Gasteiger partial charge on any atom is -0.495 e. The molecule has 1 aliphatic carbocycles. The van der Waals surface area contributed by atoms with E-state index in [1.165, 1.54) is 0 Å². The van der Waals surface area contributed by atoms with E-state index in [0.717, 1.165) is 45.9 Å². The molecule has 0 amide bonds. The molecule has 0 radical (unpaired) electrons. The maximum atomic E-state index is 12.9. The number of hydrogen-bond donors (Lipinski definition) is 0. The number of nitrogens with zero attached hydrogens (tertiary/aromatic N) is 1. The van der Waals surface area contributed by atoms with Gasteiger partial charge in [0.2, 0.25) is 0 Å². The summed E-state index contributed by atoms with van der Waals surface area (Å²) in [5.74, 6) is 0.988. The van der Waals surface area contributed by atoms with Crippen molar-refractivity contribution < 1.29 is 9.53 Å². The number of rotatable bonds is 3. The normalized spacial score (nSPS) is 15.4. The summed E-state index contributed by atoms with van der Waals surface area (Å²) in [6.07, 6.45) is 1.40. The average molecular weight is 394 g/mol. The number of ketones is 1. The SMILES string of the molecule is COc1ccc(C)cc1-n1c(-c2ccc(Cl)cc2)cc2c1CC(C)(C)CC2=O. The van der Waals surface area contributed by atoms with E-state index in [9.17, 15) is 4.79 Å². The van der Waals surface area contributed by atoms with Crippen molar-refractivity contribution in [3.8, 4) is 22.7 Å². The lowest BCUT2D eigenvalue weighted by Crippen LogP contribution is -2.27. The third-order valence-corrected chi connectivity index (χ3v) is 5.66. The molecule has 3 aromatic rings. The molecular formula is C24H24ClNO2. The van der Waals surface area contributed by atoms with Crippen LogP contribution >= 0.6 is 11.6 Å². The van der Waals surface area contributed by atoms with E-state index in [1.807, 2.05) is 42.5 Å². The Hall–Kier alpha value is -2.52. The van der Waals surface area contributed by atoms with Gasteiger partial charge in [-0.3, -0.25) is 4.79 Å². The van der Waals surface area contributed by atoms with E-state index in [2.05, 4.69) is 31.4 Å². The van der Waals surface area contributed by atoms with Crippen molar-refractivity contribution in [3.63, 3.8) is 0 Å². The van der Waals surface area contributed by atoms with Crippen molar-refractivity contribution in [1.82, 2.24) is 4.57 Å². The minimum atomic E-state index is -0.0749. The lowest BCUT2D eigenvalue weighted by atomic mass is 9.76. The number of methoxy groups -OCH3 is 1. The molecule has 1 aromatic heterocycles. The third-order valence-electron chi connectivity index (χ3n) is 5.40. The summed E-state index contributed by atoms with van der Waals surface area (Å²) in [6.45, 7) is 6.37. The fourth-order valence-electron chi connectivity index (χ4n) is 4.09. The van der Waals surface area contributed by atoms with E-state index >= 15 is 0 Å². The van der Waals surface area contributed by atoms with Crippen LogP contribution in [0.4, 0.5) is 0 Å². The second-order valence-corrected chi connectivity index (χ2v) is 8.78. The molecule has 3 nitrogen and oxygen atoms in total. The van der Waals surface area contributed by atoms with Crippen molar-refractivity contribution in [3.05, 3.63) is 70.4 Å². The van der Waals surface area contributed by atoms with Gasteiger partial charge >= 0.3 is 0 Å². The Morgan fingerprint density at radius 3 is 2.43 bits per heavy atom. The quantitative estimate of drug-likeness (QED) is 0.525. The highest BCUT2D eigenvalue weighted by atomic mass is 35.5. The number of aryl methyl sites for hydroxylation is 1. The zero-order valence-electron chi connectivity index (χ0n) is 16.7. The van der Waals surface area contributed by atoms with Gasteiger partial charge in [-0.1, -0.05) is 43.6 Å². The largest absolute Gasteiger partial charge is 0.495 e. The Bertz CT molecular complexity index is 1060. The van der Waals surface area contributed by atoms with Gasteiger partial charge in [-0.05, 0) is 60.2 Å². The number of hydrogen-bond acceptors (Lipinski definition) is 2. The number of Topliss-reactive ketones (excluding diaryl/α,β-unsaturated/α-hetero) is 1. The van der Waals surface area contributed by atoms with Gasteiger partial charge < -0.3 is 9.30 Å². The van der Waals surface area contributed by atoms with E-state index in [1.54, 1.807) is 7.11 Å².